The normalized spacial score (nSPS) is 14.1. The number of carbonyl (C=O) groups excluding carboxylic acids is 1. The van der Waals surface area contributed by atoms with Gasteiger partial charge in [0, 0.05) is 18.0 Å². The third-order valence-corrected chi connectivity index (χ3v) is 1.79. The van der Waals surface area contributed by atoms with Crippen LogP contribution >= 0.6 is 0 Å². The van der Waals surface area contributed by atoms with E-state index in [-0.39, 0.29) is 17.4 Å². The van der Waals surface area contributed by atoms with E-state index in [1.807, 2.05) is 27.7 Å². The third-order valence-electron chi connectivity index (χ3n) is 1.79. The maximum Gasteiger partial charge on any atom is 0.225 e. The predicted molar refractivity (Wildman–Crippen MR) is 50.7 cm³/mol. The van der Waals surface area contributed by atoms with Crippen molar-refractivity contribution >= 4 is 5.91 Å². The topological polar surface area (TPSA) is 55.1 Å². The van der Waals surface area contributed by atoms with Gasteiger partial charge in [-0.1, -0.05) is 27.7 Å². The monoisotopic (exact) mass is 172 g/mol. The van der Waals surface area contributed by atoms with E-state index in [1.54, 1.807) is 0 Å². The molecule has 0 saturated heterocycles. The molecule has 0 aromatic heterocycles. The van der Waals surface area contributed by atoms with E-state index in [4.69, 9.17) is 5.73 Å². The summed E-state index contributed by atoms with van der Waals surface area (Å²) in [7, 11) is 0. The fraction of sp³-hybridized carbons (Fsp3) is 0.889. The molecule has 1 amide bonds. The minimum Gasteiger partial charge on any atom is -0.352 e. The Morgan fingerprint density at radius 3 is 2.25 bits per heavy atom. The minimum absolute atomic E-state index is 0.0693. The van der Waals surface area contributed by atoms with Gasteiger partial charge in [-0.2, -0.15) is 0 Å². The summed E-state index contributed by atoms with van der Waals surface area (Å²) >= 11 is 0. The summed E-state index contributed by atoms with van der Waals surface area (Å²) in [5.74, 6) is 0.0693. The van der Waals surface area contributed by atoms with E-state index < -0.39 is 0 Å². The molecule has 12 heavy (non-hydrogen) atoms. The molecule has 0 aliphatic carbocycles. The van der Waals surface area contributed by atoms with Gasteiger partial charge in [0.25, 0.3) is 0 Å². The van der Waals surface area contributed by atoms with Crippen molar-refractivity contribution in [1.82, 2.24) is 5.32 Å². The molecule has 1 atom stereocenters. The Labute approximate surface area is 74.7 Å². The molecule has 3 N–H and O–H groups in total. The molecule has 0 aromatic carbocycles. The average Bonchev–Trinajstić information content (AvgIpc) is 1.97. The maximum atomic E-state index is 11.4. The van der Waals surface area contributed by atoms with Gasteiger partial charge in [-0.25, -0.2) is 0 Å². The molecule has 0 fully saturated rings. The Morgan fingerprint density at radius 1 is 1.50 bits per heavy atom. The molecule has 1 unspecified atom stereocenters. The smallest absolute Gasteiger partial charge is 0.225 e. The van der Waals surface area contributed by atoms with E-state index in [0.717, 1.165) is 6.42 Å². The van der Waals surface area contributed by atoms with Crippen LogP contribution in [0, 0.1) is 5.41 Å². The van der Waals surface area contributed by atoms with Crippen LogP contribution in [0.3, 0.4) is 0 Å². The lowest BCUT2D eigenvalue weighted by atomic mass is 9.95. The van der Waals surface area contributed by atoms with E-state index in [0.29, 0.717) is 6.54 Å². The third kappa shape index (κ3) is 3.72. The molecular weight excluding hydrogens is 152 g/mol. The van der Waals surface area contributed by atoms with E-state index in [1.165, 1.54) is 0 Å². The van der Waals surface area contributed by atoms with Gasteiger partial charge in [-0.3, -0.25) is 4.79 Å². The van der Waals surface area contributed by atoms with Gasteiger partial charge in [0.15, 0.2) is 0 Å². The van der Waals surface area contributed by atoms with E-state index in [9.17, 15) is 4.79 Å². The zero-order chi connectivity index (χ0) is 9.78. The van der Waals surface area contributed by atoms with E-state index >= 15 is 0 Å². The van der Waals surface area contributed by atoms with Crippen LogP contribution in [-0.2, 0) is 4.79 Å². The Kier molecular flexibility index (Phi) is 4.24. The Bertz CT molecular complexity index is 145. The zero-order valence-corrected chi connectivity index (χ0v) is 8.48. The molecule has 0 aliphatic heterocycles. The van der Waals surface area contributed by atoms with Crippen LogP contribution in [0.2, 0.25) is 0 Å². The Morgan fingerprint density at radius 2 is 2.00 bits per heavy atom. The van der Waals surface area contributed by atoms with Gasteiger partial charge in [-0.15, -0.1) is 0 Å². The molecule has 72 valence electrons. The molecule has 0 radical (unpaired) electrons. The maximum absolute atomic E-state index is 11.4. The van der Waals surface area contributed by atoms with Crippen molar-refractivity contribution in [3.8, 4) is 0 Å². The minimum atomic E-state index is -0.317. The molecule has 0 bridgehead atoms. The molecule has 0 aromatic rings. The fourth-order valence-electron chi connectivity index (χ4n) is 0.730. The predicted octanol–water partition coefficient (Wildman–Crippen LogP) is 0.886. The highest BCUT2D eigenvalue weighted by molar-refractivity contribution is 5.81. The Hall–Kier alpha value is -0.570. The van der Waals surface area contributed by atoms with Gasteiger partial charge < -0.3 is 11.1 Å². The van der Waals surface area contributed by atoms with Crippen molar-refractivity contribution < 1.29 is 4.79 Å². The number of rotatable bonds is 3. The number of hydrogen-bond acceptors (Lipinski definition) is 2. The Balaban J connectivity index is 3.99. The molecule has 0 spiro atoms. The van der Waals surface area contributed by atoms with Gasteiger partial charge in [0.2, 0.25) is 5.91 Å². The van der Waals surface area contributed by atoms with Crippen LogP contribution in [-0.4, -0.2) is 18.5 Å². The van der Waals surface area contributed by atoms with Crippen LogP contribution in [0.15, 0.2) is 0 Å². The van der Waals surface area contributed by atoms with Crippen molar-refractivity contribution in [1.29, 1.82) is 0 Å². The lowest BCUT2D eigenvalue weighted by Crippen LogP contribution is -2.44. The highest BCUT2D eigenvalue weighted by Gasteiger charge is 2.22. The highest BCUT2D eigenvalue weighted by atomic mass is 16.2. The lowest BCUT2D eigenvalue weighted by Gasteiger charge is -2.22. The number of carbonyl (C=O) groups is 1. The van der Waals surface area contributed by atoms with Crippen molar-refractivity contribution in [2.45, 2.75) is 40.2 Å². The summed E-state index contributed by atoms with van der Waals surface area (Å²) in [5, 5.41) is 2.89. The summed E-state index contributed by atoms with van der Waals surface area (Å²) in [4.78, 5) is 11.4. The first kappa shape index (κ1) is 11.4. The molecule has 0 heterocycles. The largest absolute Gasteiger partial charge is 0.352 e. The SMILES string of the molecule is CCC(CN)NC(=O)C(C)(C)C. The van der Waals surface area contributed by atoms with Crippen molar-refractivity contribution in [2.75, 3.05) is 6.54 Å². The molecule has 3 nitrogen and oxygen atoms in total. The number of amides is 1. The summed E-state index contributed by atoms with van der Waals surface area (Å²) in [6, 6.07) is 0.122. The molecule has 3 heteroatoms. The molecular formula is C9H20N2O. The van der Waals surface area contributed by atoms with Crippen molar-refractivity contribution in [3.05, 3.63) is 0 Å². The van der Waals surface area contributed by atoms with E-state index in [2.05, 4.69) is 5.32 Å². The lowest BCUT2D eigenvalue weighted by molar-refractivity contribution is -0.129. The zero-order valence-electron chi connectivity index (χ0n) is 8.48. The fourth-order valence-corrected chi connectivity index (χ4v) is 0.730. The standard InChI is InChI=1S/C9H20N2O/c1-5-7(6-10)11-8(12)9(2,3)4/h7H,5-6,10H2,1-4H3,(H,11,12). The first-order chi connectivity index (χ1) is 5.41. The van der Waals surface area contributed by atoms with Crippen molar-refractivity contribution in [3.63, 3.8) is 0 Å². The first-order valence-corrected chi connectivity index (χ1v) is 4.42. The van der Waals surface area contributed by atoms with Gasteiger partial charge in [-0.05, 0) is 6.42 Å². The first-order valence-electron chi connectivity index (χ1n) is 4.42. The highest BCUT2D eigenvalue weighted by Crippen LogP contribution is 2.12. The van der Waals surface area contributed by atoms with Gasteiger partial charge in [0.05, 0.1) is 0 Å². The summed E-state index contributed by atoms with van der Waals surface area (Å²) in [6.45, 7) is 8.21. The molecule has 0 rings (SSSR count). The van der Waals surface area contributed by atoms with Crippen LogP contribution in [0.1, 0.15) is 34.1 Å². The summed E-state index contributed by atoms with van der Waals surface area (Å²) in [6.07, 6.45) is 0.887. The second-order valence-electron chi connectivity index (χ2n) is 4.06. The second-order valence-corrected chi connectivity index (χ2v) is 4.06. The number of nitrogens with one attached hydrogen (secondary N) is 1. The molecule has 0 aliphatic rings. The van der Waals surface area contributed by atoms with Crippen LogP contribution in [0.25, 0.3) is 0 Å². The average molecular weight is 172 g/mol. The van der Waals surface area contributed by atoms with Crippen LogP contribution in [0.5, 0.6) is 0 Å². The van der Waals surface area contributed by atoms with Crippen LogP contribution < -0.4 is 11.1 Å². The number of hydrogen-bond donors (Lipinski definition) is 2. The second kappa shape index (κ2) is 4.45. The summed E-state index contributed by atoms with van der Waals surface area (Å²) in [5.41, 5.74) is 5.14. The number of nitrogens with two attached hydrogens (primary N) is 1. The molecule has 0 saturated carbocycles. The quantitative estimate of drug-likeness (QED) is 0.664. The van der Waals surface area contributed by atoms with Crippen molar-refractivity contribution in [2.24, 2.45) is 11.1 Å². The van der Waals surface area contributed by atoms with Gasteiger partial charge >= 0.3 is 0 Å². The van der Waals surface area contributed by atoms with Crippen LogP contribution in [0.4, 0.5) is 0 Å². The summed E-state index contributed by atoms with van der Waals surface area (Å²) < 4.78 is 0. The van der Waals surface area contributed by atoms with Gasteiger partial charge in [0.1, 0.15) is 0 Å².